The van der Waals surface area contributed by atoms with Gasteiger partial charge in [0.15, 0.2) is 5.78 Å². The molecule has 0 spiro atoms. The lowest BCUT2D eigenvalue weighted by Crippen LogP contribution is -2.27. The molecule has 4 N–H and O–H groups in total. The van der Waals surface area contributed by atoms with Gasteiger partial charge >= 0.3 is 0 Å². The third kappa shape index (κ3) is 4.24. The SMILES string of the molecule is CSNCC1CC(=O)c2c([nH]c(-c3ccnc(NC=O)c3)c2Nc2ccccc2)C1. The molecule has 1 aromatic carbocycles. The molecule has 0 saturated carbocycles. The monoisotopic (exact) mass is 421 g/mol. The summed E-state index contributed by atoms with van der Waals surface area (Å²) in [6, 6.07) is 13.4. The zero-order valence-corrected chi connectivity index (χ0v) is 17.4. The number of H-pyrrole nitrogens is 1. The smallest absolute Gasteiger partial charge is 0.212 e. The van der Waals surface area contributed by atoms with E-state index in [0.717, 1.165) is 46.9 Å². The summed E-state index contributed by atoms with van der Waals surface area (Å²) < 4.78 is 3.27. The molecule has 7 nitrogen and oxygen atoms in total. The molecule has 0 saturated heterocycles. The second-order valence-corrected chi connectivity index (χ2v) is 7.86. The van der Waals surface area contributed by atoms with Crippen molar-refractivity contribution in [1.29, 1.82) is 0 Å². The fourth-order valence-electron chi connectivity index (χ4n) is 3.82. The van der Waals surface area contributed by atoms with E-state index in [4.69, 9.17) is 0 Å². The van der Waals surface area contributed by atoms with Crippen LogP contribution in [-0.4, -0.2) is 35.0 Å². The Bertz CT molecular complexity index is 1050. The fraction of sp³-hybridized carbons (Fsp3) is 0.227. The number of anilines is 3. The van der Waals surface area contributed by atoms with Gasteiger partial charge in [-0.2, -0.15) is 0 Å². The number of rotatable bonds is 8. The lowest BCUT2D eigenvalue weighted by Gasteiger charge is -2.22. The molecule has 1 atom stereocenters. The molecule has 2 aromatic heterocycles. The first-order chi connectivity index (χ1) is 14.7. The summed E-state index contributed by atoms with van der Waals surface area (Å²) in [7, 11) is 0. The molecule has 1 amide bonds. The molecule has 30 heavy (non-hydrogen) atoms. The number of carbonyl (C=O) groups is 2. The van der Waals surface area contributed by atoms with Gasteiger partial charge < -0.3 is 15.6 Å². The molecule has 1 aliphatic carbocycles. The lowest BCUT2D eigenvalue weighted by atomic mass is 9.86. The molecule has 3 aromatic rings. The number of ketones is 1. The van der Waals surface area contributed by atoms with Crippen LogP contribution in [0, 0.1) is 5.92 Å². The largest absolute Gasteiger partial charge is 0.356 e. The number of nitrogens with zero attached hydrogens (tertiary/aromatic N) is 1. The summed E-state index contributed by atoms with van der Waals surface area (Å²) in [5, 5.41) is 6.02. The van der Waals surface area contributed by atoms with Crippen LogP contribution >= 0.6 is 11.9 Å². The van der Waals surface area contributed by atoms with E-state index in [1.165, 1.54) is 0 Å². The third-order valence-electron chi connectivity index (χ3n) is 5.14. The van der Waals surface area contributed by atoms with E-state index >= 15 is 0 Å². The molecule has 0 bridgehead atoms. The van der Waals surface area contributed by atoms with E-state index in [0.29, 0.717) is 18.6 Å². The van der Waals surface area contributed by atoms with Crippen molar-refractivity contribution < 1.29 is 9.59 Å². The first-order valence-corrected chi connectivity index (χ1v) is 10.9. The first kappa shape index (κ1) is 20.2. The Morgan fingerprint density at radius 2 is 2.07 bits per heavy atom. The van der Waals surface area contributed by atoms with Crippen molar-refractivity contribution in [1.82, 2.24) is 14.7 Å². The van der Waals surface area contributed by atoms with Crippen LogP contribution < -0.4 is 15.4 Å². The number of aromatic nitrogens is 2. The number of benzene rings is 1. The molecular formula is C22H23N5O2S. The van der Waals surface area contributed by atoms with E-state index in [-0.39, 0.29) is 11.7 Å². The van der Waals surface area contributed by atoms with Gasteiger partial charge in [0, 0.05) is 36.1 Å². The van der Waals surface area contributed by atoms with Crippen LogP contribution in [0.25, 0.3) is 11.3 Å². The van der Waals surface area contributed by atoms with Crippen LogP contribution in [0.3, 0.4) is 0 Å². The maximum absolute atomic E-state index is 13.1. The maximum atomic E-state index is 13.1. The summed E-state index contributed by atoms with van der Waals surface area (Å²) in [5.41, 5.74) is 4.98. The van der Waals surface area contributed by atoms with Crippen molar-refractivity contribution in [2.24, 2.45) is 5.92 Å². The average Bonchev–Trinajstić information content (AvgIpc) is 3.12. The Hall–Kier alpha value is -3.10. The second-order valence-electron chi connectivity index (χ2n) is 7.16. The summed E-state index contributed by atoms with van der Waals surface area (Å²) in [6.45, 7) is 0.783. The molecule has 154 valence electrons. The number of nitrogens with one attached hydrogen (secondary N) is 4. The minimum Gasteiger partial charge on any atom is -0.356 e. The number of para-hydroxylation sites is 1. The molecular weight excluding hydrogens is 398 g/mol. The van der Waals surface area contributed by atoms with Gasteiger partial charge in [-0.3, -0.25) is 14.3 Å². The van der Waals surface area contributed by atoms with Gasteiger partial charge in [-0.25, -0.2) is 4.98 Å². The van der Waals surface area contributed by atoms with Gasteiger partial charge in [-0.1, -0.05) is 30.1 Å². The van der Waals surface area contributed by atoms with Crippen molar-refractivity contribution >= 4 is 41.3 Å². The molecule has 1 unspecified atom stereocenters. The number of carbonyl (C=O) groups excluding carboxylic acids is 2. The Labute approximate surface area is 179 Å². The van der Waals surface area contributed by atoms with Gasteiger partial charge in [0.2, 0.25) is 6.41 Å². The van der Waals surface area contributed by atoms with Gasteiger partial charge in [0.1, 0.15) is 5.82 Å². The highest BCUT2D eigenvalue weighted by Gasteiger charge is 2.31. The summed E-state index contributed by atoms with van der Waals surface area (Å²) in [6.07, 6.45) is 5.53. The van der Waals surface area contributed by atoms with Crippen molar-refractivity contribution in [2.75, 3.05) is 23.4 Å². The second kappa shape index (κ2) is 9.15. The van der Waals surface area contributed by atoms with E-state index in [9.17, 15) is 9.59 Å². The summed E-state index contributed by atoms with van der Waals surface area (Å²) in [5.74, 6) is 0.831. The number of Topliss-reactive ketones (excluding diaryl/α,β-unsaturated/α-hetero) is 1. The minimum absolute atomic E-state index is 0.130. The highest BCUT2D eigenvalue weighted by atomic mass is 32.2. The number of aromatic amines is 1. The van der Waals surface area contributed by atoms with Crippen LogP contribution in [0.2, 0.25) is 0 Å². The molecule has 4 rings (SSSR count). The Morgan fingerprint density at radius 1 is 1.23 bits per heavy atom. The summed E-state index contributed by atoms with van der Waals surface area (Å²) >= 11 is 1.56. The standard InChI is InChI=1S/C22H23N5O2S/c1-30-25-12-14-9-17-20(18(29)10-14)22(26-16-5-3-2-4-6-16)21(27-17)15-7-8-23-19(11-15)24-13-28/h2-8,11,13-14,25-27H,9-10,12H2,1H3,(H,23,24,28). The van der Waals surface area contributed by atoms with Gasteiger partial charge in [-0.05, 0) is 42.9 Å². The van der Waals surface area contributed by atoms with E-state index in [2.05, 4.69) is 25.3 Å². The third-order valence-corrected chi connectivity index (χ3v) is 5.59. The predicted molar refractivity (Wildman–Crippen MR) is 121 cm³/mol. The predicted octanol–water partition coefficient (Wildman–Crippen LogP) is 4.00. The van der Waals surface area contributed by atoms with Crippen molar-refractivity contribution in [3.8, 4) is 11.3 Å². The number of fused-ring (bicyclic) bond motifs is 1. The Balaban J connectivity index is 1.78. The van der Waals surface area contributed by atoms with E-state index < -0.39 is 0 Å². The van der Waals surface area contributed by atoms with Crippen LogP contribution in [0.1, 0.15) is 22.5 Å². The van der Waals surface area contributed by atoms with Gasteiger partial charge in [-0.15, -0.1) is 0 Å². The maximum Gasteiger partial charge on any atom is 0.212 e. The zero-order valence-electron chi connectivity index (χ0n) is 16.6. The molecule has 0 radical (unpaired) electrons. The molecule has 8 heteroatoms. The highest BCUT2D eigenvalue weighted by molar-refractivity contribution is 7.96. The number of hydrogen-bond donors (Lipinski definition) is 4. The normalized spacial score (nSPS) is 15.5. The molecule has 2 heterocycles. The number of amides is 1. The minimum atomic E-state index is 0.130. The van der Waals surface area contributed by atoms with Crippen LogP contribution in [0.15, 0.2) is 48.7 Å². The average molecular weight is 422 g/mol. The Kier molecular flexibility index (Phi) is 6.15. The van der Waals surface area contributed by atoms with E-state index in [1.807, 2.05) is 42.7 Å². The fourth-order valence-corrected chi connectivity index (χ4v) is 4.22. The number of pyridine rings is 1. The quantitative estimate of drug-likeness (QED) is 0.324. The summed E-state index contributed by atoms with van der Waals surface area (Å²) in [4.78, 5) is 31.6. The highest BCUT2D eigenvalue weighted by Crippen LogP contribution is 2.40. The topological polar surface area (TPSA) is 98.9 Å². The lowest BCUT2D eigenvalue weighted by molar-refractivity contribution is -0.105. The van der Waals surface area contributed by atoms with Gasteiger partial charge in [0.25, 0.3) is 0 Å². The van der Waals surface area contributed by atoms with Gasteiger partial charge in [0.05, 0.1) is 16.9 Å². The molecule has 0 fully saturated rings. The van der Waals surface area contributed by atoms with Crippen LogP contribution in [0.4, 0.5) is 17.2 Å². The van der Waals surface area contributed by atoms with Crippen LogP contribution in [-0.2, 0) is 11.2 Å². The first-order valence-electron chi connectivity index (χ1n) is 9.72. The van der Waals surface area contributed by atoms with Crippen molar-refractivity contribution in [3.63, 3.8) is 0 Å². The Morgan fingerprint density at radius 3 is 2.83 bits per heavy atom. The van der Waals surface area contributed by atoms with Crippen molar-refractivity contribution in [3.05, 3.63) is 59.9 Å². The molecule has 1 aliphatic rings. The molecule has 0 aliphatic heterocycles. The van der Waals surface area contributed by atoms with E-state index in [1.54, 1.807) is 24.2 Å². The zero-order chi connectivity index (χ0) is 20.9. The van der Waals surface area contributed by atoms with Crippen LogP contribution in [0.5, 0.6) is 0 Å². The number of hydrogen-bond acceptors (Lipinski definition) is 6. The van der Waals surface area contributed by atoms with Crippen molar-refractivity contribution in [2.45, 2.75) is 12.8 Å².